The highest BCUT2D eigenvalue weighted by Gasteiger charge is 2.70. The number of carboxylic acid groups (broad SMARTS) is 1. The van der Waals surface area contributed by atoms with Crippen molar-refractivity contribution < 1.29 is 43.7 Å². The van der Waals surface area contributed by atoms with E-state index in [9.17, 15) is 38.9 Å². The molecule has 4 amide bonds. The molecule has 1 saturated carbocycles. The van der Waals surface area contributed by atoms with Gasteiger partial charge in [0.05, 0.1) is 34.5 Å². The van der Waals surface area contributed by atoms with Gasteiger partial charge in [0.15, 0.2) is 0 Å². The van der Waals surface area contributed by atoms with Crippen molar-refractivity contribution in [3.8, 4) is 11.5 Å². The molecule has 0 spiro atoms. The summed E-state index contributed by atoms with van der Waals surface area (Å²) < 4.78 is 13.8. The summed E-state index contributed by atoms with van der Waals surface area (Å²) in [4.78, 5) is 70.8. The summed E-state index contributed by atoms with van der Waals surface area (Å²) >= 11 is 12.8. The molecule has 6 atom stereocenters. The molecule has 53 heavy (non-hydrogen) atoms. The van der Waals surface area contributed by atoms with Crippen LogP contribution in [-0.4, -0.2) is 49.9 Å². The van der Waals surface area contributed by atoms with Crippen molar-refractivity contribution in [2.75, 3.05) is 10.3 Å². The molecule has 2 saturated heterocycles. The number of phenols is 2. The highest BCUT2D eigenvalue weighted by molar-refractivity contribution is 6.31. The number of hydrogen-bond donors (Lipinski definition) is 4. The lowest BCUT2D eigenvalue weighted by Crippen LogP contribution is -2.53. The summed E-state index contributed by atoms with van der Waals surface area (Å²) in [7, 11) is 0. The van der Waals surface area contributed by atoms with E-state index in [-0.39, 0.29) is 40.6 Å². The van der Waals surface area contributed by atoms with Gasteiger partial charge in [0.1, 0.15) is 22.9 Å². The Labute approximate surface area is 310 Å². The summed E-state index contributed by atoms with van der Waals surface area (Å²) in [6, 6.07) is 19.3. The van der Waals surface area contributed by atoms with E-state index in [0.29, 0.717) is 16.2 Å². The Bertz CT molecular complexity index is 2300. The Kier molecular flexibility index (Phi) is 8.08. The normalized spacial score (nSPS) is 26.2. The number of benzene rings is 4. The first kappa shape index (κ1) is 34.4. The highest BCUT2D eigenvalue weighted by Crippen LogP contribution is 2.65. The Morgan fingerprint density at radius 2 is 1.51 bits per heavy atom. The fraction of sp³-hybridized carbons (Fsp3) is 0.205. The predicted molar refractivity (Wildman–Crippen MR) is 190 cm³/mol. The minimum atomic E-state index is -1.73. The van der Waals surface area contributed by atoms with Crippen molar-refractivity contribution in [3.63, 3.8) is 0 Å². The van der Waals surface area contributed by atoms with Crippen LogP contribution in [0.4, 0.5) is 15.8 Å². The van der Waals surface area contributed by atoms with Crippen LogP contribution in [0.1, 0.15) is 40.2 Å². The zero-order valence-electron chi connectivity index (χ0n) is 27.4. The number of halogens is 3. The van der Waals surface area contributed by atoms with Crippen LogP contribution in [0.15, 0.2) is 96.6 Å². The number of nitrogens with zero attached hydrogens (tertiary/aromatic N) is 2. The Balaban J connectivity index is 1.31. The van der Waals surface area contributed by atoms with Gasteiger partial charge in [-0.15, -0.1) is 0 Å². The van der Waals surface area contributed by atoms with Gasteiger partial charge in [0.2, 0.25) is 11.8 Å². The maximum atomic E-state index is 15.2. The van der Waals surface area contributed by atoms with Crippen LogP contribution < -0.4 is 10.3 Å². The van der Waals surface area contributed by atoms with Crippen molar-refractivity contribution in [2.24, 2.45) is 23.7 Å². The Hall–Kier alpha value is -5.72. The molecule has 8 rings (SSSR count). The molecule has 6 unspecified atom stereocenters. The van der Waals surface area contributed by atoms with Crippen LogP contribution in [0.5, 0.6) is 11.5 Å². The SMILES string of the molecule is O=C(O)c1ccc(N2C(=O)C3CC=C4C(CC5C(=O)N(Nc6ccc(F)cc6)C(=O)C5(c5ccc(Cl)cc5)C4c4cc(Cl)ccc4O)C3C2=O)cc1O. The third-order valence-corrected chi connectivity index (χ3v) is 11.5. The van der Waals surface area contributed by atoms with Crippen LogP contribution in [0.3, 0.4) is 0 Å². The summed E-state index contributed by atoms with van der Waals surface area (Å²) in [5.41, 5.74) is 2.13. The molecule has 4 N–H and O–H groups in total. The topological polar surface area (TPSA) is 165 Å². The molecule has 3 fully saturated rings. The summed E-state index contributed by atoms with van der Waals surface area (Å²) in [5.74, 6) is -10.2. The zero-order chi connectivity index (χ0) is 37.5. The molecule has 4 aliphatic rings. The van der Waals surface area contributed by atoms with Crippen LogP contribution in [-0.2, 0) is 24.6 Å². The van der Waals surface area contributed by atoms with Crippen molar-refractivity contribution in [2.45, 2.75) is 24.2 Å². The van der Waals surface area contributed by atoms with E-state index in [1.807, 2.05) is 0 Å². The van der Waals surface area contributed by atoms with Gasteiger partial charge in [-0.2, -0.15) is 5.01 Å². The number of hydrazine groups is 1. The number of aromatic carboxylic acids is 1. The number of hydrogen-bond acceptors (Lipinski definition) is 8. The smallest absolute Gasteiger partial charge is 0.339 e. The van der Waals surface area contributed by atoms with E-state index in [1.165, 1.54) is 48.5 Å². The van der Waals surface area contributed by atoms with Crippen LogP contribution in [0.2, 0.25) is 10.0 Å². The molecule has 268 valence electrons. The van der Waals surface area contributed by atoms with E-state index in [2.05, 4.69) is 5.43 Å². The average molecular weight is 757 g/mol. The van der Waals surface area contributed by atoms with Gasteiger partial charge in [0, 0.05) is 27.6 Å². The fourth-order valence-electron chi connectivity index (χ4n) is 8.85. The first-order valence-corrected chi connectivity index (χ1v) is 17.4. The largest absolute Gasteiger partial charge is 0.508 e. The first-order chi connectivity index (χ1) is 25.3. The van der Waals surface area contributed by atoms with Crippen molar-refractivity contribution in [3.05, 3.63) is 129 Å². The minimum absolute atomic E-state index is 0.0180. The molecule has 14 heteroatoms. The van der Waals surface area contributed by atoms with Crippen LogP contribution in [0.25, 0.3) is 0 Å². The van der Waals surface area contributed by atoms with Gasteiger partial charge >= 0.3 is 5.97 Å². The lowest BCUT2D eigenvalue weighted by Gasteiger charge is -2.50. The number of rotatable bonds is 6. The van der Waals surface area contributed by atoms with Gasteiger partial charge in [-0.3, -0.25) is 24.6 Å². The van der Waals surface area contributed by atoms with Gasteiger partial charge in [-0.25, -0.2) is 14.1 Å². The minimum Gasteiger partial charge on any atom is -0.508 e. The lowest BCUT2D eigenvalue weighted by atomic mass is 9.49. The molecule has 2 aliphatic heterocycles. The standard InChI is InChI=1S/C39H28Cl2FN3O8/c40-19-3-1-18(2-4-19)39-29(35(49)45(38(39)53)43-22-8-6-21(42)7-9-22)17-27-24(33(39)28-15-20(41)5-14-30(28)46)12-13-26-32(27)36(50)44(34(26)48)23-10-11-25(37(51)52)31(47)16-23/h1-12,14-16,26-27,29,32-33,43,46-47H,13,17H2,(H,51,52). The molecule has 4 aromatic carbocycles. The van der Waals surface area contributed by atoms with Gasteiger partial charge in [-0.1, -0.05) is 47.0 Å². The highest BCUT2D eigenvalue weighted by atomic mass is 35.5. The molecule has 11 nitrogen and oxygen atoms in total. The number of carbonyl (C=O) groups is 5. The lowest BCUT2D eigenvalue weighted by molar-refractivity contribution is -0.138. The number of imide groups is 2. The van der Waals surface area contributed by atoms with Crippen molar-refractivity contribution >= 4 is 64.2 Å². The molecular weight excluding hydrogens is 728 g/mol. The van der Waals surface area contributed by atoms with Gasteiger partial charge in [0.25, 0.3) is 11.8 Å². The number of nitrogens with one attached hydrogen (secondary N) is 1. The number of phenolic OH excluding ortho intramolecular Hbond substituents is 1. The number of allylic oxidation sites excluding steroid dienone is 2. The average Bonchev–Trinajstić information content (AvgIpc) is 3.51. The van der Waals surface area contributed by atoms with E-state index in [4.69, 9.17) is 23.2 Å². The molecular formula is C39H28Cl2FN3O8. The maximum absolute atomic E-state index is 15.2. The van der Waals surface area contributed by atoms with E-state index < -0.39 is 81.7 Å². The van der Waals surface area contributed by atoms with E-state index >= 15 is 4.79 Å². The molecule has 2 aliphatic carbocycles. The second kappa shape index (κ2) is 12.5. The van der Waals surface area contributed by atoms with E-state index in [1.54, 1.807) is 30.3 Å². The second-order valence-corrected chi connectivity index (χ2v) is 14.5. The van der Waals surface area contributed by atoms with E-state index in [0.717, 1.165) is 22.0 Å². The molecule has 0 aromatic heterocycles. The van der Waals surface area contributed by atoms with Gasteiger partial charge in [-0.05, 0) is 91.1 Å². The number of anilines is 2. The number of aromatic hydroxyl groups is 2. The zero-order valence-corrected chi connectivity index (χ0v) is 28.9. The monoisotopic (exact) mass is 755 g/mol. The Morgan fingerprint density at radius 3 is 2.19 bits per heavy atom. The molecule has 2 heterocycles. The van der Waals surface area contributed by atoms with Crippen LogP contribution >= 0.6 is 23.2 Å². The number of carboxylic acids is 1. The summed E-state index contributed by atoms with van der Waals surface area (Å²) in [6.45, 7) is 0. The first-order valence-electron chi connectivity index (χ1n) is 16.6. The maximum Gasteiger partial charge on any atom is 0.339 e. The second-order valence-electron chi connectivity index (χ2n) is 13.6. The number of carbonyl (C=O) groups excluding carboxylic acids is 4. The van der Waals surface area contributed by atoms with Crippen molar-refractivity contribution in [1.82, 2.24) is 5.01 Å². The Morgan fingerprint density at radius 1 is 0.811 bits per heavy atom. The quantitative estimate of drug-likeness (QED) is 0.128. The van der Waals surface area contributed by atoms with Crippen molar-refractivity contribution in [1.29, 1.82) is 0 Å². The summed E-state index contributed by atoms with van der Waals surface area (Å²) in [5, 5.41) is 32.8. The van der Waals surface area contributed by atoms with Crippen LogP contribution in [0, 0.1) is 29.5 Å². The number of amides is 4. The third kappa shape index (κ3) is 5.11. The molecule has 0 bridgehead atoms. The summed E-state index contributed by atoms with van der Waals surface area (Å²) in [6.07, 6.45) is 1.80. The van der Waals surface area contributed by atoms with Gasteiger partial charge < -0.3 is 15.3 Å². The fourth-order valence-corrected chi connectivity index (χ4v) is 9.16. The molecule has 0 radical (unpaired) electrons. The predicted octanol–water partition coefficient (Wildman–Crippen LogP) is 6.43. The molecule has 4 aromatic rings. The number of fused-ring (bicyclic) bond motifs is 4. The third-order valence-electron chi connectivity index (χ3n) is 11.0.